The number of nitrogens with one attached hydrogen (secondary N) is 2. The minimum absolute atomic E-state index is 0.0117. The van der Waals surface area contributed by atoms with Crippen molar-refractivity contribution < 1.29 is 0 Å². The molecule has 0 fully saturated rings. The van der Waals surface area contributed by atoms with Gasteiger partial charge in [-0.3, -0.25) is 5.32 Å². The van der Waals surface area contributed by atoms with Crippen molar-refractivity contribution in [1.82, 2.24) is 15.0 Å². The predicted molar refractivity (Wildman–Crippen MR) is 179 cm³/mol. The van der Waals surface area contributed by atoms with E-state index >= 15 is 0 Å². The maximum absolute atomic E-state index is 3.78. The van der Waals surface area contributed by atoms with Crippen molar-refractivity contribution in [3.63, 3.8) is 0 Å². The van der Waals surface area contributed by atoms with E-state index in [1.165, 1.54) is 65.9 Å². The largest absolute Gasteiger partial charge is 0.366 e. The van der Waals surface area contributed by atoms with Gasteiger partial charge in [0.25, 0.3) is 0 Å². The molecule has 0 bridgehead atoms. The van der Waals surface area contributed by atoms with Crippen molar-refractivity contribution in [3.05, 3.63) is 168 Å². The molecule has 0 radical (unpaired) electrons. The maximum Gasteiger partial charge on any atom is 0.104 e. The molecule has 43 heavy (non-hydrogen) atoms. The number of fused-ring (bicyclic) bond motifs is 6. The van der Waals surface area contributed by atoms with Crippen LogP contribution >= 0.6 is 0 Å². The summed E-state index contributed by atoms with van der Waals surface area (Å²) in [5.41, 5.74) is 11.1. The summed E-state index contributed by atoms with van der Waals surface area (Å²) in [5, 5.41) is 12.8. The number of hydrogen-bond donors (Lipinski definition) is 2. The zero-order valence-electron chi connectivity index (χ0n) is 23.5. The minimum atomic E-state index is 0.0117. The van der Waals surface area contributed by atoms with Crippen LogP contribution in [0.5, 0.6) is 0 Å². The summed E-state index contributed by atoms with van der Waals surface area (Å²) < 4.78 is 2.45. The van der Waals surface area contributed by atoms with E-state index in [1.54, 1.807) is 0 Å². The molecule has 2 atom stereocenters. The molecule has 1 aliphatic rings. The van der Waals surface area contributed by atoms with Gasteiger partial charge in [-0.25, -0.2) is 0 Å². The first-order valence-corrected chi connectivity index (χ1v) is 14.9. The molecule has 6 aromatic carbocycles. The molecule has 3 nitrogen and oxygen atoms in total. The SMILES string of the molecule is C1=C(c2ccc(-c3ccc4c5cccc6c7ccccc7n(c4c3)c65)cc2)NC(c2ccccc2)NC1c1ccccc1. The highest BCUT2D eigenvalue weighted by molar-refractivity contribution is 6.23. The van der Waals surface area contributed by atoms with Crippen LogP contribution in [0.4, 0.5) is 0 Å². The van der Waals surface area contributed by atoms with E-state index in [0.717, 1.165) is 5.70 Å². The number of nitrogens with zero attached hydrogens (tertiary/aromatic N) is 1. The highest BCUT2D eigenvalue weighted by Gasteiger charge is 2.24. The van der Waals surface area contributed by atoms with Crippen molar-refractivity contribution in [3.8, 4) is 11.1 Å². The first kappa shape index (κ1) is 24.2. The van der Waals surface area contributed by atoms with Crippen LogP contribution in [0.1, 0.15) is 28.9 Å². The Morgan fingerprint density at radius 3 is 1.84 bits per heavy atom. The van der Waals surface area contributed by atoms with Gasteiger partial charge in [-0.2, -0.15) is 0 Å². The topological polar surface area (TPSA) is 28.5 Å². The zero-order valence-corrected chi connectivity index (χ0v) is 23.5. The van der Waals surface area contributed by atoms with Gasteiger partial charge in [0.15, 0.2) is 0 Å². The average molecular weight is 552 g/mol. The quantitative estimate of drug-likeness (QED) is 0.228. The van der Waals surface area contributed by atoms with Crippen molar-refractivity contribution in [1.29, 1.82) is 0 Å². The summed E-state index contributed by atoms with van der Waals surface area (Å²) in [7, 11) is 0. The maximum atomic E-state index is 3.78. The standard InChI is InChI=1S/C40H29N3/c1-3-10-27(11-4-1)35-25-36(42-40(41-35)29-12-5-2-6-13-29)28-20-18-26(19-21-28)30-22-23-32-34-16-9-15-33-31-14-7-8-17-37(31)43(39(33)34)38(32)24-30/h1-25,35,40-42H. The number of benzene rings is 6. The van der Waals surface area contributed by atoms with Crippen LogP contribution in [0.25, 0.3) is 54.9 Å². The van der Waals surface area contributed by atoms with Gasteiger partial charge in [0.05, 0.1) is 22.6 Å². The zero-order chi connectivity index (χ0) is 28.3. The highest BCUT2D eigenvalue weighted by atomic mass is 15.2. The molecule has 1 aliphatic heterocycles. The van der Waals surface area contributed by atoms with Gasteiger partial charge < -0.3 is 9.72 Å². The van der Waals surface area contributed by atoms with E-state index in [4.69, 9.17) is 0 Å². The Hall–Kier alpha value is -5.38. The number of aromatic nitrogens is 1. The summed E-state index contributed by atoms with van der Waals surface area (Å²) in [4.78, 5) is 0. The number of rotatable bonds is 4. The molecule has 3 heteroatoms. The number of para-hydroxylation sites is 2. The van der Waals surface area contributed by atoms with Crippen LogP contribution in [0.15, 0.2) is 152 Å². The second-order valence-electron chi connectivity index (χ2n) is 11.5. The second kappa shape index (κ2) is 9.59. The van der Waals surface area contributed by atoms with E-state index in [2.05, 4.69) is 167 Å². The summed E-state index contributed by atoms with van der Waals surface area (Å²) in [6, 6.07) is 52.7. The lowest BCUT2D eigenvalue weighted by Crippen LogP contribution is -2.39. The highest BCUT2D eigenvalue weighted by Crippen LogP contribution is 2.40. The smallest absolute Gasteiger partial charge is 0.104 e. The lowest BCUT2D eigenvalue weighted by Gasteiger charge is -2.33. The van der Waals surface area contributed by atoms with Crippen LogP contribution < -0.4 is 10.6 Å². The Labute approximate surface area is 250 Å². The van der Waals surface area contributed by atoms with Crippen LogP contribution in [-0.2, 0) is 0 Å². The Morgan fingerprint density at radius 2 is 1.07 bits per heavy atom. The molecule has 0 saturated heterocycles. The first-order chi connectivity index (χ1) is 21.3. The molecule has 2 N–H and O–H groups in total. The summed E-state index contributed by atoms with van der Waals surface area (Å²) >= 11 is 0. The lowest BCUT2D eigenvalue weighted by atomic mass is 9.97. The van der Waals surface area contributed by atoms with Gasteiger partial charge in [-0.15, -0.1) is 0 Å². The van der Waals surface area contributed by atoms with Crippen LogP contribution in [0.2, 0.25) is 0 Å². The molecule has 2 unspecified atom stereocenters. The molecule has 0 saturated carbocycles. The monoisotopic (exact) mass is 551 g/mol. The molecule has 2 aromatic heterocycles. The third kappa shape index (κ3) is 3.86. The fourth-order valence-electron chi connectivity index (χ4n) is 6.95. The molecular weight excluding hydrogens is 522 g/mol. The summed E-state index contributed by atoms with van der Waals surface area (Å²) in [5.74, 6) is 0. The normalized spacial score (nSPS) is 17.1. The van der Waals surface area contributed by atoms with Crippen LogP contribution in [0.3, 0.4) is 0 Å². The Morgan fingerprint density at radius 1 is 0.465 bits per heavy atom. The van der Waals surface area contributed by atoms with E-state index in [-0.39, 0.29) is 12.2 Å². The first-order valence-electron chi connectivity index (χ1n) is 14.9. The van der Waals surface area contributed by atoms with Gasteiger partial charge in [0.1, 0.15) is 6.17 Å². The van der Waals surface area contributed by atoms with Crippen LogP contribution in [-0.4, -0.2) is 4.40 Å². The second-order valence-corrected chi connectivity index (χ2v) is 11.5. The summed E-state index contributed by atoms with van der Waals surface area (Å²) in [6.07, 6.45) is 2.32. The molecule has 0 aliphatic carbocycles. The fraction of sp³-hybridized carbons (Fsp3) is 0.0500. The van der Waals surface area contributed by atoms with E-state index in [9.17, 15) is 0 Å². The predicted octanol–water partition coefficient (Wildman–Crippen LogP) is 9.48. The van der Waals surface area contributed by atoms with E-state index in [1.807, 2.05) is 0 Å². The Bertz CT molecular complexity index is 2280. The van der Waals surface area contributed by atoms with E-state index in [0.29, 0.717) is 0 Å². The Kier molecular flexibility index (Phi) is 5.40. The third-order valence-electron chi connectivity index (χ3n) is 9.02. The minimum Gasteiger partial charge on any atom is -0.366 e. The summed E-state index contributed by atoms with van der Waals surface area (Å²) in [6.45, 7) is 0. The molecule has 3 heterocycles. The fourth-order valence-corrected chi connectivity index (χ4v) is 6.95. The molecule has 8 aromatic rings. The third-order valence-corrected chi connectivity index (χ3v) is 9.02. The van der Waals surface area contributed by atoms with Crippen LogP contribution in [0, 0.1) is 0 Å². The van der Waals surface area contributed by atoms with Gasteiger partial charge >= 0.3 is 0 Å². The number of hydrogen-bond acceptors (Lipinski definition) is 2. The van der Waals surface area contributed by atoms with E-state index < -0.39 is 0 Å². The molecule has 0 spiro atoms. The van der Waals surface area contributed by atoms with Crippen molar-refractivity contribution in [2.24, 2.45) is 0 Å². The Balaban J connectivity index is 1.12. The molecule has 204 valence electrons. The van der Waals surface area contributed by atoms with Crippen molar-refractivity contribution >= 4 is 43.8 Å². The average Bonchev–Trinajstić information content (AvgIpc) is 3.61. The van der Waals surface area contributed by atoms with Gasteiger partial charge in [0, 0.05) is 27.2 Å². The molecule has 9 rings (SSSR count). The van der Waals surface area contributed by atoms with Crippen molar-refractivity contribution in [2.75, 3.05) is 0 Å². The molecule has 0 amide bonds. The van der Waals surface area contributed by atoms with Gasteiger partial charge in [-0.05, 0) is 46.0 Å². The molecular formula is C40H29N3. The van der Waals surface area contributed by atoms with Crippen molar-refractivity contribution in [2.45, 2.75) is 12.2 Å². The lowest BCUT2D eigenvalue weighted by molar-refractivity contribution is 0.442. The van der Waals surface area contributed by atoms with Gasteiger partial charge in [0.2, 0.25) is 0 Å². The van der Waals surface area contributed by atoms with Gasteiger partial charge in [-0.1, -0.05) is 133 Å².